The fraction of sp³-hybridized carbons (Fsp3) is 0.375. The van der Waals surface area contributed by atoms with Gasteiger partial charge in [-0.3, -0.25) is 9.59 Å². The van der Waals surface area contributed by atoms with Gasteiger partial charge in [0.25, 0.3) is 0 Å². The first kappa shape index (κ1) is 29.1. The fourth-order valence-electron chi connectivity index (χ4n) is 6.69. The number of allylic oxidation sites excluding steroid dienone is 1. The van der Waals surface area contributed by atoms with Gasteiger partial charge in [0.15, 0.2) is 5.78 Å². The van der Waals surface area contributed by atoms with Crippen LogP contribution in [0.5, 0.6) is 0 Å². The smallest absolute Gasteiger partial charge is 0.681 e. The first-order valence-corrected chi connectivity index (χ1v) is 13.8. The van der Waals surface area contributed by atoms with Crippen LogP contribution in [0.4, 0.5) is 0 Å². The molecule has 4 atom stereocenters. The van der Waals surface area contributed by atoms with E-state index in [-0.39, 0.29) is 46.7 Å². The van der Waals surface area contributed by atoms with E-state index >= 15 is 0 Å². The number of fused-ring (bicyclic) bond motifs is 8. The van der Waals surface area contributed by atoms with E-state index in [2.05, 4.69) is 13.8 Å². The third-order valence-electron chi connectivity index (χ3n) is 8.85. The molecule has 1 saturated heterocycles. The zero-order chi connectivity index (χ0) is 28.5. The van der Waals surface area contributed by atoms with Crippen LogP contribution < -0.4 is 36.2 Å². The number of hydrogen-bond donors (Lipinski definition) is 1. The van der Waals surface area contributed by atoms with E-state index in [1.807, 2.05) is 45.1 Å². The number of carbonyl (C=O) groups is 2. The zero-order valence-electron chi connectivity index (χ0n) is 24.3. The van der Waals surface area contributed by atoms with Crippen LogP contribution in [0.15, 0.2) is 11.8 Å². The molecule has 0 spiro atoms. The van der Waals surface area contributed by atoms with Crippen LogP contribution >= 0.6 is 0 Å². The molecule has 1 unspecified atom stereocenters. The van der Waals surface area contributed by atoms with Gasteiger partial charge in [0, 0.05) is 5.56 Å². The fourth-order valence-corrected chi connectivity index (χ4v) is 6.69. The van der Waals surface area contributed by atoms with E-state index in [1.165, 1.54) is 7.11 Å². The normalized spacial score (nSPS) is 25.9. The minimum Gasteiger partial charge on any atom is -0.681 e. The van der Waals surface area contributed by atoms with Gasteiger partial charge in [0.2, 0.25) is 0 Å². The van der Waals surface area contributed by atoms with E-state index < -0.39 is 11.9 Å². The van der Waals surface area contributed by atoms with Crippen LogP contribution in [-0.4, -0.2) is 53.1 Å². The van der Waals surface area contributed by atoms with Gasteiger partial charge < -0.3 is 30.1 Å². The second-order valence-corrected chi connectivity index (χ2v) is 10.9. The summed E-state index contributed by atoms with van der Waals surface area (Å²) >= 11 is 0. The van der Waals surface area contributed by atoms with Crippen molar-refractivity contribution in [2.24, 2.45) is 17.8 Å². The molecule has 1 aliphatic carbocycles. The molecule has 8 bridgehead atoms. The van der Waals surface area contributed by atoms with Crippen molar-refractivity contribution in [1.82, 2.24) is 15.0 Å². The molecule has 0 saturated carbocycles. The van der Waals surface area contributed by atoms with Crippen molar-refractivity contribution in [3.05, 3.63) is 77.7 Å². The Hall–Kier alpha value is -3.43. The minimum atomic E-state index is -1.06. The summed E-state index contributed by atoms with van der Waals surface area (Å²) in [6.45, 7) is 10.1. The number of carbonyl (C=O) groups excluding carboxylic acids is 2. The Morgan fingerprint density at radius 3 is 2.49 bits per heavy atom. The quantitative estimate of drug-likeness (QED) is 0.290. The van der Waals surface area contributed by atoms with Crippen LogP contribution in [-0.2, 0) is 16.0 Å². The van der Waals surface area contributed by atoms with Crippen LogP contribution in [0.3, 0.4) is 0 Å². The van der Waals surface area contributed by atoms with Crippen molar-refractivity contribution < 1.29 is 19.4 Å². The summed E-state index contributed by atoms with van der Waals surface area (Å²) < 4.78 is 5.13. The van der Waals surface area contributed by atoms with Crippen LogP contribution in [0.1, 0.15) is 71.3 Å². The maximum atomic E-state index is 13.8. The largest absolute Gasteiger partial charge is 2.00 e. The first-order valence-electron chi connectivity index (χ1n) is 13.8. The molecule has 0 amide bonds. The summed E-state index contributed by atoms with van der Waals surface area (Å²) in [6.07, 6.45) is 8.31. The number of ketones is 1. The molecular weight excluding hydrogens is 529 g/mol. The van der Waals surface area contributed by atoms with Gasteiger partial charge in [-0.25, -0.2) is 0 Å². The van der Waals surface area contributed by atoms with E-state index in [0.29, 0.717) is 50.1 Å². The molecule has 1 N–H and O–H groups in total. The predicted octanol–water partition coefficient (Wildman–Crippen LogP) is 1.22. The second kappa shape index (κ2) is 10.8. The number of aryl methyl sites for hydroxylation is 1. The number of aliphatic hydroxyl groups excluding tert-OH is 1. The summed E-state index contributed by atoms with van der Waals surface area (Å²) in [5, 5.41) is 17.7. The Balaban J connectivity index is 0.00000337. The Labute approximate surface area is 254 Å². The van der Waals surface area contributed by atoms with Crippen LogP contribution in [0.25, 0.3) is 35.4 Å². The number of hydrogen-bond acceptors (Lipinski definition) is 4. The van der Waals surface area contributed by atoms with Gasteiger partial charge in [0.1, 0.15) is 5.92 Å². The summed E-state index contributed by atoms with van der Waals surface area (Å²) in [5.41, 5.74) is 6.78. The van der Waals surface area contributed by atoms with E-state index in [4.69, 9.17) is 25.0 Å². The van der Waals surface area contributed by atoms with E-state index in [1.54, 1.807) is 0 Å². The van der Waals surface area contributed by atoms with Crippen LogP contribution in [0, 0.1) is 31.6 Å². The molecular formula is C32H32MgN4O4-2. The third-order valence-corrected chi connectivity index (χ3v) is 8.85. The SMILES string of the molecule is CCc1c2[n-]c(/c1=C\O)=C\c1cc(C)c([n-]1)/C=C1\[N-]C(C3=c4[n-]/c(c(C)c4C(=O)[C@@H]3C(=O)OC)=C\2)[C@@H](CC)[C@@H]1C.[Mg+2]. The Morgan fingerprint density at radius 2 is 1.83 bits per heavy atom. The maximum Gasteiger partial charge on any atom is 2.00 e. The number of rotatable bonds is 3. The summed E-state index contributed by atoms with van der Waals surface area (Å²) in [6, 6.07) is 1.62. The van der Waals surface area contributed by atoms with Gasteiger partial charge in [-0.1, -0.05) is 79.8 Å². The average molecular weight is 561 g/mol. The molecule has 8 nitrogen and oxygen atoms in total. The monoisotopic (exact) mass is 560 g/mol. The van der Waals surface area contributed by atoms with Gasteiger partial charge in [-0.2, -0.15) is 5.70 Å². The van der Waals surface area contributed by atoms with Gasteiger partial charge in [0.05, 0.1) is 13.4 Å². The van der Waals surface area contributed by atoms with Crippen molar-refractivity contribution in [3.8, 4) is 0 Å². The van der Waals surface area contributed by atoms with E-state index in [9.17, 15) is 14.7 Å². The molecule has 41 heavy (non-hydrogen) atoms. The van der Waals surface area contributed by atoms with Crippen molar-refractivity contribution in [1.29, 1.82) is 0 Å². The Bertz CT molecular complexity index is 1850. The minimum absolute atomic E-state index is 0. The van der Waals surface area contributed by atoms with Crippen LogP contribution in [0.2, 0.25) is 0 Å². The number of nitrogens with zero attached hydrogens (tertiary/aromatic N) is 4. The molecule has 9 heteroatoms. The molecule has 0 radical (unpaired) electrons. The maximum absolute atomic E-state index is 13.8. The topological polar surface area (TPSA) is 120 Å². The number of aliphatic hydroxyl groups is 1. The average Bonchev–Trinajstić information content (AvgIpc) is 3.69. The van der Waals surface area contributed by atoms with Crippen molar-refractivity contribution >= 4 is 64.9 Å². The Morgan fingerprint density at radius 1 is 1.07 bits per heavy atom. The van der Waals surface area contributed by atoms with Gasteiger partial charge >= 0.3 is 29.0 Å². The number of methoxy groups -OCH3 is 1. The first-order chi connectivity index (χ1) is 19.2. The standard InChI is InChI=1S/C32H32N4O4.Mg/c1-7-18-15(4)22-11-21-14(3)9-17(33-21)10-24-20(13-37)19(8-2)25(34-24)12-23-16(5)26-30(36-23)27(29(18)35-22)28(31(26)38)32(39)40-6;/h9-13,15,18,28-29H,7-8H2,1-6H3,(H,37,38);/q-4;+2/b22-11-,24-10-;/t15-,18-,28+,29?;/m0./s1. The Kier molecular flexibility index (Phi) is 7.63. The second-order valence-electron chi connectivity index (χ2n) is 10.9. The molecule has 208 valence electrons. The number of ether oxygens (including phenoxy) is 1. The summed E-state index contributed by atoms with van der Waals surface area (Å²) in [4.78, 5) is 41.6. The molecule has 0 aromatic carbocycles. The number of aromatic nitrogens is 3. The van der Waals surface area contributed by atoms with Crippen molar-refractivity contribution in [2.45, 2.75) is 53.5 Å². The van der Waals surface area contributed by atoms with Crippen molar-refractivity contribution in [3.63, 3.8) is 0 Å². The number of Topliss-reactive ketones (excluding diaryl/α,β-unsaturated/α-hetero) is 1. The van der Waals surface area contributed by atoms with E-state index in [0.717, 1.165) is 40.9 Å². The molecule has 3 aromatic heterocycles. The molecule has 2 aliphatic heterocycles. The van der Waals surface area contributed by atoms with Gasteiger partial charge in [-0.05, 0) is 37.3 Å². The zero-order valence-corrected chi connectivity index (χ0v) is 25.7. The molecule has 6 rings (SSSR count). The van der Waals surface area contributed by atoms with Crippen molar-refractivity contribution in [2.75, 3.05) is 7.11 Å². The molecule has 1 fully saturated rings. The summed E-state index contributed by atoms with van der Waals surface area (Å²) in [5.74, 6) is -1.76. The predicted molar refractivity (Wildman–Crippen MR) is 158 cm³/mol. The summed E-state index contributed by atoms with van der Waals surface area (Å²) in [7, 11) is 1.31. The third kappa shape index (κ3) is 4.32. The van der Waals surface area contributed by atoms with Gasteiger partial charge in [-0.15, -0.1) is 33.1 Å². The molecule has 3 aliphatic rings. The molecule has 3 aromatic rings. The number of esters is 1. The molecule has 5 heterocycles.